The summed E-state index contributed by atoms with van der Waals surface area (Å²) in [5.74, 6) is -17.1. The average molecular weight is 723 g/mol. The number of allylic oxidation sites excluding steroid dienone is 2. The number of aliphatic hydroxyl groups is 1. The SMILES string of the molecule is O=C1N(c2c(F)c(F)c(F)c(F)c2F)C(=O)[C@@]2(Cl)[C@@H](c3ccccc3OCCO)C3=CCn4c(=O)n(-c5ccccc5)c(=O)n4[C@@H]3C[C@@]12Cl. The van der Waals surface area contributed by atoms with E-state index in [2.05, 4.69) is 0 Å². The fourth-order valence-corrected chi connectivity index (χ4v) is 7.89. The van der Waals surface area contributed by atoms with Crippen molar-refractivity contribution in [3.05, 3.63) is 122 Å². The van der Waals surface area contributed by atoms with Gasteiger partial charge in [-0.1, -0.05) is 42.5 Å². The maximum Gasteiger partial charge on any atom is 0.352 e. The van der Waals surface area contributed by atoms with Gasteiger partial charge >= 0.3 is 11.4 Å². The molecule has 1 saturated carbocycles. The van der Waals surface area contributed by atoms with Crippen molar-refractivity contribution in [1.82, 2.24) is 13.9 Å². The molecule has 0 unspecified atom stereocenters. The van der Waals surface area contributed by atoms with E-state index in [1.165, 1.54) is 42.5 Å². The van der Waals surface area contributed by atoms with Gasteiger partial charge in [0.2, 0.25) is 5.82 Å². The number of hydrogen-bond donors (Lipinski definition) is 1. The molecule has 1 saturated heterocycles. The Balaban J connectivity index is 1.50. The Hall–Kier alpha value is -4.73. The number of hydrogen-bond acceptors (Lipinski definition) is 6. The van der Waals surface area contributed by atoms with Crippen molar-refractivity contribution in [2.45, 2.75) is 34.7 Å². The Bertz CT molecular complexity index is 2210. The number of halogens is 7. The van der Waals surface area contributed by atoms with Crippen molar-refractivity contribution < 1.29 is 41.4 Å². The van der Waals surface area contributed by atoms with E-state index in [-0.39, 0.29) is 40.6 Å². The molecule has 2 aliphatic heterocycles. The third kappa shape index (κ3) is 4.28. The number of alkyl halides is 2. The summed E-state index contributed by atoms with van der Waals surface area (Å²) in [6, 6.07) is 12.5. The highest BCUT2D eigenvalue weighted by Gasteiger charge is 2.76. The van der Waals surface area contributed by atoms with Crippen molar-refractivity contribution in [2.75, 3.05) is 18.1 Å². The topological polar surface area (TPSA) is 116 Å². The van der Waals surface area contributed by atoms with Crippen LogP contribution in [0.2, 0.25) is 0 Å². The molecule has 0 spiro atoms. The first-order valence-electron chi connectivity index (χ1n) is 14.6. The van der Waals surface area contributed by atoms with Crippen LogP contribution in [0.4, 0.5) is 27.6 Å². The van der Waals surface area contributed by atoms with Gasteiger partial charge in [0, 0.05) is 17.9 Å². The molecule has 254 valence electrons. The van der Waals surface area contributed by atoms with Crippen LogP contribution in [0.15, 0.2) is 75.8 Å². The number of benzene rings is 3. The van der Waals surface area contributed by atoms with E-state index in [9.17, 15) is 37.5 Å². The van der Waals surface area contributed by atoms with Gasteiger partial charge in [-0.2, -0.15) is 0 Å². The van der Waals surface area contributed by atoms with Gasteiger partial charge in [-0.15, -0.1) is 23.2 Å². The number of carbonyl (C=O) groups excluding carboxylic acids is 2. The zero-order chi connectivity index (χ0) is 35.2. The minimum Gasteiger partial charge on any atom is -0.491 e. The number of carbonyl (C=O) groups is 2. The molecule has 0 bridgehead atoms. The smallest absolute Gasteiger partial charge is 0.352 e. The van der Waals surface area contributed by atoms with Crippen LogP contribution in [-0.4, -0.2) is 53.8 Å². The number of ether oxygens (including phenoxy) is 1. The first-order chi connectivity index (χ1) is 23.3. The summed E-state index contributed by atoms with van der Waals surface area (Å²) in [5.41, 5.74) is -3.08. The molecule has 3 aliphatic rings. The minimum absolute atomic E-state index is 0.0224. The minimum atomic E-state index is -2.74. The number of anilines is 1. The summed E-state index contributed by atoms with van der Waals surface area (Å²) >= 11 is 14.2. The van der Waals surface area contributed by atoms with E-state index >= 15 is 8.78 Å². The Labute approximate surface area is 281 Å². The van der Waals surface area contributed by atoms with E-state index < -0.39 is 92.7 Å². The van der Waals surface area contributed by atoms with E-state index in [0.717, 1.165) is 13.9 Å². The summed E-state index contributed by atoms with van der Waals surface area (Å²) in [5, 5.41) is 9.45. The zero-order valence-corrected chi connectivity index (χ0v) is 26.2. The molecule has 3 aromatic carbocycles. The van der Waals surface area contributed by atoms with Crippen LogP contribution in [0.5, 0.6) is 5.75 Å². The Morgan fingerprint density at radius 2 is 1.43 bits per heavy atom. The van der Waals surface area contributed by atoms with Gasteiger partial charge in [-0.25, -0.2) is 50.4 Å². The standard InChI is InChI=1S/C32H21Cl2F5N4O6/c33-31-14-18-16(10-11-40-29(47)41(30(48)43(18)40)15-6-2-1-3-7-15)20(17-8-4-5-9-19(17)49-13-12-44)32(31,34)28(46)42(27(31)45)26-24(38)22(36)21(35)23(37)25(26)39/h1-10,18,20,44H,11-14H2/t18-,20-,31-,32+/m1/s1. The van der Waals surface area contributed by atoms with E-state index in [1.807, 2.05) is 0 Å². The summed E-state index contributed by atoms with van der Waals surface area (Å²) in [6.07, 6.45) is 0.739. The second-order valence-corrected chi connectivity index (χ2v) is 12.7. The summed E-state index contributed by atoms with van der Waals surface area (Å²) < 4.78 is 81.9. The molecule has 49 heavy (non-hydrogen) atoms. The molecule has 1 aromatic heterocycles. The van der Waals surface area contributed by atoms with Gasteiger partial charge in [-0.05, 0) is 23.8 Å². The molecule has 2 amide bonds. The number of amides is 2. The van der Waals surface area contributed by atoms with Gasteiger partial charge in [0.1, 0.15) is 18.0 Å². The molecule has 2 fully saturated rings. The zero-order valence-electron chi connectivity index (χ0n) is 24.7. The van der Waals surface area contributed by atoms with Gasteiger partial charge in [0.15, 0.2) is 33.0 Å². The van der Waals surface area contributed by atoms with E-state index in [4.69, 9.17) is 27.9 Å². The third-order valence-electron chi connectivity index (χ3n) is 9.08. The van der Waals surface area contributed by atoms with Crippen LogP contribution in [0, 0.1) is 29.1 Å². The Kier molecular flexibility index (Phi) is 7.65. The quantitative estimate of drug-likeness (QED) is 0.0802. The molecule has 7 rings (SSSR count). The van der Waals surface area contributed by atoms with Crippen molar-refractivity contribution >= 4 is 40.7 Å². The van der Waals surface area contributed by atoms with E-state index in [0.29, 0.717) is 0 Å². The number of fused-ring (bicyclic) bond motifs is 4. The first-order valence-corrected chi connectivity index (χ1v) is 15.4. The number of rotatable bonds is 6. The number of imide groups is 1. The summed E-state index contributed by atoms with van der Waals surface area (Å²) in [4.78, 5) is 50.5. The van der Waals surface area contributed by atoms with Gasteiger partial charge < -0.3 is 9.84 Å². The van der Waals surface area contributed by atoms with Gasteiger partial charge in [0.25, 0.3) is 11.8 Å². The second-order valence-electron chi connectivity index (χ2n) is 11.5. The fraction of sp³-hybridized carbons (Fsp3) is 0.250. The summed E-state index contributed by atoms with van der Waals surface area (Å²) in [6.45, 7) is -0.951. The molecule has 10 nitrogen and oxygen atoms in total. The first kappa shape index (κ1) is 32.8. The average Bonchev–Trinajstić information content (AvgIpc) is 3.44. The van der Waals surface area contributed by atoms with Crippen molar-refractivity contribution in [1.29, 1.82) is 0 Å². The van der Waals surface area contributed by atoms with Crippen LogP contribution >= 0.6 is 23.2 Å². The fourth-order valence-electron chi connectivity index (χ4n) is 6.98. The predicted octanol–water partition coefficient (Wildman–Crippen LogP) is 4.06. The largest absolute Gasteiger partial charge is 0.491 e. The molecular formula is C32H21Cl2F5N4O6. The maximum absolute atomic E-state index is 15.2. The van der Waals surface area contributed by atoms with Gasteiger partial charge in [-0.3, -0.25) is 9.59 Å². The predicted molar refractivity (Wildman–Crippen MR) is 164 cm³/mol. The lowest BCUT2D eigenvalue weighted by Gasteiger charge is -2.49. The monoisotopic (exact) mass is 722 g/mol. The molecule has 1 aliphatic carbocycles. The molecule has 4 aromatic rings. The Morgan fingerprint density at radius 1 is 0.816 bits per heavy atom. The highest BCUT2D eigenvalue weighted by Crippen LogP contribution is 2.64. The third-order valence-corrected chi connectivity index (χ3v) is 10.5. The molecular weight excluding hydrogens is 702 g/mol. The number of aromatic nitrogens is 3. The number of aliphatic hydroxyl groups excluding tert-OH is 1. The molecule has 17 heteroatoms. The Morgan fingerprint density at radius 3 is 2.08 bits per heavy atom. The number of para-hydroxylation sites is 2. The van der Waals surface area contributed by atoms with Gasteiger partial charge in [0.05, 0.1) is 24.9 Å². The van der Waals surface area contributed by atoms with E-state index in [1.54, 1.807) is 18.2 Å². The van der Waals surface area contributed by atoms with Crippen molar-refractivity contribution in [2.24, 2.45) is 0 Å². The highest BCUT2D eigenvalue weighted by molar-refractivity contribution is 6.58. The lowest BCUT2D eigenvalue weighted by molar-refractivity contribution is -0.122. The van der Waals surface area contributed by atoms with Crippen molar-refractivity contribution in [3.8, 4) is 11.4 Å². The normalized spacial score (nSPS) is 24.4. The highest BCUT2D eigenvalue weighted by atomic mass is 35.5. The lowest BCUT2D eigenvalue weighted by atomic mass is 9.64. The van der Waals surface area contributed by atoms with Crippen LogP contribution in [0.3, 0.4) is 0 Å². The molecule has 0 radical (unpaired) electrons. The number of nitrogens with zero attached hydrogens (tertiary/aromatic N) is 4. The summed E-state index contributed by atoms with van der Waals surface area (Å²) in [7, 11) is 0. The van der Waals surface area contributed by atoms with Crippen LogP contribution in [-0.2, 0) is 16.1 Å². The maximum atomic E-state index is 15.2. The van der Waals surface area contributed by atoms with Crippen LogP contribution < -0.4 is 21.0 Å². The van der Waals surface area contributed by atoms with Crippen LogP contribution in [0.25, 0.3) is 5.69 Å². The molecule has 3 heterocycles. The van der Waals surface area contributed by atoms with Crippen LogP contribution in [0.1, 0.15) is 23.9 Å². The molecule has 4 atom stereocenters. The van der Waals surface area contributed by atoms with Crippen molar-refractivity contribution in [3.63, 3.8) is 0 Å². The second kappa shape index (κ2) is 11.4. The molecule has 1 N–H and O–H groups in total. The lowest BCUT2D eigenvalue weighted by Crippen LogP contribution is -2.59.